The van der Waals surface area contributed by atoms with E-state index in [0.717, 1.165) is 0 Å². The number of nitro benzene ring substituents is 1. The summed E-state index contributed by atoms with van der Waals surface area (Å²) in [5.41, 5.74) is -0.553. The van der Waals surface area contributed by atoms with E-state index in [-0.39, 0.29) is 17.9 Å². The number of rotatable bonds is 8. The molecule has 9 heteroatoms. The molecule has 0 aliphatic carbocycles. The van der Waals surface area contributed by atoms with Crippen molar-refractivity contribution >= 4 is 17.6 Å². The first-order valence-electron chi connectivity index (χ1n) is 8.15. The Bertz CT molecular complexity index is 826. The number of nitro groups is 1. The molecular formula is C17H20N4O5. The molecule has 26 heavy (non-hydrogen) atoms. The summed E-state index contributed by atoms with van der Waals surface area (Å²) in [6, 6.07) is 7.33. The van der Waals surface area contributed by atoms with Crippen LogP contribution in [0.25, 0.3) is 5.69 Å². The highest BCUT2D eigenvalue weighted by Crippen LogP contribution is 2.25. The van der Waals surface area contributed by atoms with Gasteiger partial charge >= 0.3 is 5.97 Å². The fraction of sp³-hybridized carbons (Fsp3) is 0.353. The lowest BCUT2D eigenvalue weighted by Crippen LogP contribution is -2.42. The lowest BCUT2D eigenvalue weighted by molar-refractivity contribution is -0.384. The maximum Gasteiger partial charge on any atom is 0.311 e. The van der Waals surface area contributed by atoms with Crippen LogP contribution in [0.3, 0.4) is 0 Å². The van der Waals surface area contributed by atoms with Crippen molar-refractivity contribution < 1.29 is 19.6 Å². The van der Waals surface area contributed by atoms with E-state index in [2.05, 4.69) is 10.4 Å². The number of nitrogens with one attached hydrogen (secondary N) is 1. The standard InChI is InChI=1S/C17H20N4O5/c1-3-17(4-2,16(23)24)11-18-15(22)14-8-9-20(19-14)12-6-5-7-13(10-12)21(25)26/h5-10H,3-4,11H2,1-2H3,(H,18,22)(H,23,24). The predicted molar refractivity (Wildman–Crippen MR) is 93.2 cm³/mol. The Labute approximate surface area is 149 Å². The Balaban J connectivity index is 2.14. The van der Waals surface area contributed by atoms with Gasteiger partial charge in [0.1, 0.15) is 0 Å². The zero-order valence-corrected chi connectivity index (χ0v) is 14.5. The van der Waals surface area contributed by atoms with Crippen molar-refractivity contribution in [1.29, 1.82) is 0 Å². The van der Waals surface area contributed by atoms with Crippen molar-refractivity contribution in [3.63, 3.8) is 0 Å². The van der Waals surface area contributed by atoms with E-state index in [0.29, 0.717) is 18.5 Å². The van der Waals surface area contributed by atoms with Gasteiger partial charge < -0.3 is 10.4 Å². The fourth-order valence-corrected chi connectivity index (χ4v) is 2.56. The van der Waals surface area contributed by atoms with E-state index < -0.39 is 22.2 Å². The highest BCUT2D eigenvalue weighted by molar-refractivity contribution is 5.92. The number of hydrogen-bond donors (Lipinski definition) is 2. The highest BCUT2D eigenvalue weighted by atomic mass is 16.6. The minimum Gasteiger partial charge on any atom is -0.481 e. The van der Waals surface area contributed by atoms with Crippen LogP contribution < -0.4 is 5.32 Å². The Morgan fingerprint density at radius 2 is 2.00 bits per heavy atom. The van der Waals surface area contributed by atoms with Crippen LogP contribution in [0.5, 0.6) is 0 Å². The number of aromatic nitrogens is 2. The minimum atomic E-state index is -1.02. The van der Waals surface area contributed by atoms with E-state index in [1.165, 1.54) is 35.1 Å². The number of carboxylic acids is 1. The quantitative estimate of drug-likeness (QED) is 0.549. The molecule has 0 aliphatic heterocycles. The first-order chi connectivity index (χ1) is 12.3. The predicted octanol–water partition coefficient (Wildman–Crippen LogP) is 2.40. The van der Waals surface area contributed by atoms with Crippen LogP contribution in [0.15, 0.2) is 36.5 Å². The summed E-state index contributed by atoms with van der Waals surface area (Å²) in [4.78, 5) is 34.1. The third-order valence-electron chi connectivity index (χ3n) is 4.52. The van der Waals surface area contributed by atoms with Crippen LogP contribution in [-0.2, 0) is 4.79 Å². The van der Waals surface area contributed by atoms with Crippen LogP contribution in [0, 0.1) is 15.5 Å². The van der Waals surface area contributed by atoms with Gasteiger partial charge in [0.15, 0.2) is 5.69 Å². The number of nitrogens with zero attached hydrogens (tertiary/aromatic N) is 3. The van der Waals surface area contributed by atoms with Gasteiger partial charge in [-0.2, -0.15) is 5.10 Å². The zero-order valence-electron chi connectivity index (χ0n) is 14.5. The zero-order chi connectivity index (χ0) is 19.3. The lowest BCUT2D eigenvalue weighted by atomic mass is 9.82. The summed E-state index contributed by atoms with van der Waals surface area (Å²) >= 11 is 0. The summed E-state index contributed by atoms with van der Waals surface area (Å²) in [5, 5.41) is 27.0. The molecule has 0 bridgehead atoms. The second-order valence-corrected chi connectivity index (χ2v) is 5.90. The van der Waals surface area contributed by atoms with Gasteiger partial charge in [-0.3, -0.25) is 19.7 Å². The molecule has 0 aliphatic rings. The normalized spacial score (nSPS) is 11.2. The van der Waals surface area contributed by atoms with Gasteiger partial charge in [0, 0.05) is 24.9 Å². The van der Waals surface area contributed by atoms with Crippen molar-refractivity contribution in [2.45, 2.75) is 26.7 Å². The van der Waals surface area contributed by atoms with Crippen LogP contribution >= 0.6 is 0 Å². The SMILES string of the molecule is CCC(CC)(CNC(=O)c1ccn(-c2cccc([N+](=O)[O-])c2)n1)C(=O)O. The number of aliphatic carboxylic acids is 1. The molecule has 1 aromatic carbocycles. The van der Waals surface area contributed by atoms with Gasteiger partial charge in [0.25, 0.3) is 11.6 Å². The molecule has 1 aromatic heterocycles. The van der Waals surface area contributed by atoms with Crippen LogP contribution in [0.4, 0.5) is 5.69 Å². The summed E-state index contributed by atoms with van der Waals surface area (Å²) in [5.74, 6) is -1.45. The number of carbonyl (C=O) groups excluding carboxylic acids is 1. The molecule has 2 rings (SSSR count). The van der Waals surface area contributed by atoms with Gasteiger partial charge in [-0.1, -0.05) is 19.9 Å². The maximum absolute atomic E-state index is 12.3. The number of carboxylic acid groups (broad SMARTS) is 1. The van der Waals surface area contributed by atoms with Gasteiger partial charge in [0.05, 0.1) is 16.0 Å². The average molecular weight is 360 g/mol. The smallest absolute Gasteiger partial charge is 0.311 e. The Hall–Kier alpha value is -3.23. The molecule has 1 heterocycles. The van der Waals surface area contributed by atoms with Crippen LogP contribution in [0.1, 0.15) is 37.2 Å². The Kier molecular flexibility index (Phi) is 5.71. The topological polar surface area (TPSA) is 127 Å². The van der Waals surface area contributed by atoms with E-state index in [1.54, 1.807) is 19.9 Å². The fourth-order valence-electron chi connectivity index (χ4n) is 2.56. The van der Waals surface area contributed by atoms with Gasteiger partial charge in [-0.25, -0.2) is 4.68 Å². The lowest BCUT2D eigenvalue weighted by Gasteiger charge is -2.26. The average Bonchev–Trinajstić information content (AvgIpc) is 3.13. The molecule has 0 fully saturated rings. The molecule has 2 aromatic rings. The Morgan fingerprint density at radius 1 is 1.31 bits per heavy atom. The summed E-state index contributed by atoms with van der Waals surface area (Å²) in [7, 11) is 0. The van der Waals surface area contributed by atoms with E-state index in [9.17, 15) is 24.8 Å². The molecule has 0 saturated heterocycles. The third-order valence-corrected chi connectivity index (χ3v) is 4.52. The largest absolute Gasteiger partial charge is 0.481 e. The molecule has 1 amide bonds. The van der Waals surface area contributed by atoms with Gasteiger partial charge in [-0.05, 0) is 25.0 Å². The molecule has 2 N–H and O–H groups in total. The first-order valence-corrected chi connectivity index (χ1v) is 8.15. The third kappa shape index (κ3) is 3.88. The van der Waals surface area contributed by atoms with Gasteiger partial charge in [-0.15, -0.1) is 0 Å². The monoisotopic (exact) mass is 360 g/mol. The number of amides is 1. The van der Waals surface area contributed by atoms with Crippen molar-refractivity contribution in [3.8, 4) is 5.69 Å². The van der Waals surface area contributed by atoms with Crippen molar-refractivity contribution in [2.75, 3.05) is 6.54 Å². The first kappa shape index (κ1) is 19.1. The molecular weight excluding hydrogens is 340 g/mol. The van der Waals surface area contributed by atoms with Crippen molar-refractivity contribution in [2.24, 2.45) is 5.41 Å². The number of non-ortho nitro benzene ring substituents is 1. The molecule has 138 valence electrons. The highest BCUT2D eigenvalue weighted by Gasteiger charge is 2.35. The summed E-state index contributed by atoms with van der Waals surface area (Å²) < 4.78 is 1.35. The van der Waals surface area contributed by atoms with Crippen LogP contribution in [0.2, 0.25) is 0 Å². The van der Waals surface area contributed by atoms with Crippen LogP contribution in [-0.4, -0.2) is 38.2 Å². The molecule has 0 radical (unpaired) electrons. The van der Waals surface area contributed by atoms with E-state index >= 15 is 0 Å². The van der Waals surface area contributed by atoms with Crippen molar-refractivity contribution in [1.82, 2.24) is 15.1 Å². The molecule has 0 unspecified atom stereocenters. The molecule has 0 saturated carbocycles. The maximum atomic E-state index is 12.3. The second kappa shape index (κ2) is 7.77. The second-order valence-electron chi connectivity index (χ2n) is 5.90. The molecule has 0 spiro atoms. The molecule has 9 nitrogen and oxygen atoms in total. The number of carbonyl (C=O) groups is 2. The van der Waals surface area contributed by atoms with E-state index in [1.807, 2.05) is 0 Å². The number of hydrogen-bond acceptors (Lipinski definition) is 5. The van der Waals surface area contributed by atoms with Gasteiger partial charge in [0.2, 0.25) is 0 Å². The number of benzene rings is 1. The minimum absolute atomic E-state index is 0.00215. The van der Waals surface area contributed by atoms with E-state index in [4.69, 9.17) is 0 Å². The van der Waals surface area contributed by atoms with Crippen molar-refractivity contribution in [3.05, 3.63) is 52.3 Å². The Morgan fingerprint density at radius 3 is 2.58 bits per heavy atom. The molecule has 0 atom stereocenters. The summed E-state index contributed by atoms with van der Waals surface area (Å²) in [6.45, 7) is 3.53. The summed E-state index contributed by atoms with van der Waals surface area (Å²) in [6.07, 6.45) is 2.29.